The van der Waals surface area contributed by atoms with E-state index in [4.69, 9.17) is 25.8 Å². The van der Waals surface area contributed by atoms with Crippen LogP contribution in [0.15, 0.2) is 77.4 Å². The molecule has 0 unspecified atom stereocenters. The molecule has 0 radical (unpaired) electrons. The van der Waals surface area contributed by atoms with Crippen molar-refractivity contribution in [2.45, 2.75) is 6.61 Å². The van der Waals surface area contributed by atoms with Crippen LogP contribution >= 0.6 is 11.6 Å². The summed E-state index contributed by atoms with van der Waals surface area (Å²) < 4.78 is 30.2. The van der Waals surface area contributed by atoms with Gasteiger partial charge in [-0.05, 0) is 54.1 Å². The molecule has 0 amide bonds. The van der Waals surface area contributed by atoms with Crippen LogP contribution in [0.5, 0.6) is 11.5 Å². The van der Waals surface area contributed by atoms with E-state index in [-0.39, 0.29) is 24.0 Å². The van der Waals surface area contributed by atoms with Crippen LogP contribution in [0, 0.1) is 5.82 Å². The summed E-state index contributed by atoms with van der Waals surface area (Å²) in [6.45, 7) is 0.0317. The number of carbonyl (C=O) groups is 1. The number of nitrogens with zero attached hydrogens (tertiary/aromatic N) is 1. The lowest BCUT2D eigenvalue weighted by Gasteiger charge is -2.12. The Kier molecular flexibility index (Phi) is 6.00. The lowest BCUT2D eigenvalue weighted by atomic mass is 10.1. The Labute approximate surface area is 183 Å². The molecule has 7 heteroatoms. The fourth-order valence-electron chi connectivity index (χ4n) is 2.95. The standard InChI is InChI=1S/C24H17ClFNO4/c1-29-21-11-6-15(13-22(21)30-14-17-4-2-3-5-19(17)26)12-20-24(28)31-23(27-20)16-7-9-18(25)10-8-16/h2-13H,14H2,1H3/b20-12+. The van der Waals surface area contributed by atoms with Crippen LogP contribution < -0.4 is 9.47 Å². The van der Waals surface area contributed by atoms with Gasteiger partial charge in [0.05, 0.1) is 7.11 Å². The molecule has 0 spiro atoms. The van der Waals surface area contributed by atoms with E-state index in [1.54, 1.807) is 66.7 Å². The molecule has 0 bridgehead atoms. The Bertz CT molecular complexity index is 1190. The number of hydrogen-bond donors (Lipinski definition) is 0. The Balaban J connectivity index is 1.58. The Morgan fingerprint density at radius 2 is 1.84 bits per heavy atom. The first kappa shape index (κ1) is 20.6. The van der Waals surface area contributed by atoms with Gasteiger partial charge in [0.1, 0.15) is 12.4 Å². The summed E-state index contributed by atoms with van der Waals surface area (Å²) in [5.41, 5.74) is 1.86. The lowest BCUT2D eigenvalue weighted by molar-refractivity contribution is -0.129. The summed E-state index contributed by atoms with van der Waals surface area (Å²) in [5, 5.41) is 0.575. The summed E-state index contributed by atoms with van der Waals surface area (Å²) in [4.78, 5) is 16.5. The van der Waals surface area contributed by atoms with E-state index in [1.165, 1.54) is 13.2 Å². The second kappa shape index (κ2) is 9.02. The minimum absolute atomic E-state index is 0.0317. The van der Waals surface area contributed by atoms with Crippen LogP contribution in [-0.2, 0) is 16.1 Å². The number of ether oxygens (including phenoxy) is 3. The van der Waals surface area contributed by atoms with Crippen LogP contribution in [0.4, 0.5) is 4.39 Å². The van der Waals surface area contributed by atoms with Crippen molar-refractivity contribution in [3.8, 4) is 11.5 Å². The van der Waals surface area contributed by atoms with Crippen molar-refractivity contribution in [2.24, 2.45) is 4.99 Å². The van der Waals surface area contributed by atoms with Crippen molar-refractivity contribution in [1.82, 2.24) is 0 Å². The zero-order valence-electron chi connectivity index (χ0n) is 16.5. The van der Waals surface area contributed by atoms with E-state index in [9.17, 15) is 9.18 Å². The molecule has 1 heterocycles. The second-order valence-electron chi connectivity index (χ2n) is 6.63. The summed E-state index contributed by atoms with van der Waals surface area (Å²) >= 11 is 5.89. The molecular weight excluding hydrogens is 421 g/mol. The first-order chi connectivity index (χ1) is 15.0. The lowest BCUT2D eigenvalue weighted by Crippen LogP contribution is -2.05. The molecule has 0 N–H and O–H groups in total. The van der Waals surface area contributed by atoms with Gasteiger partial charge in [-0.15, -0.1) is 0 Å². The zero-order chi connectivity index (χ0) is 21.8. The van der Waals surface area contributed by atoms with Crippen molar-refractivity contribution in [1.29, 1.82) is 0 Å². The maximum atomic E-state index is 13.9. The molecule has 1 aliphatic rings. The van der Waals surface area contributed by atoms with Gasteiger partial charge in [-0.3, -0.25) is 0 Å². The van der Waals surface area contributed by atoms with Crippen LogP contribution in [-0.4, -0.2) is 19.0 Å². The van der Waals surface area contributed by atoms with Crippen molar-refractivity contribution < 1.29 is 23.4 Å². The second-order valence-corrected chi connectivity index (χ2v) is 7.07. The van der Waals surface area contributed by atoms with E-state index in [0.29, 0.717) is 33.2 Å². The molecule has 0 saturated carbocycles. The van der Waals surface area contributed by atoms with Gasteiger partial charge in [0.25, 0.3) is 0 Å². The summed E-state index contributed by atoms with van der Waals surface area (Å²) in [6.07, 6.45) is 1.58. The van der Waals surface area contributed by atoms with Crippen molar-refractivity contribution in [3.63, 3.8) is 0 Å². The fraction of sp³-hybridized carbons (Fsp3) is 0.0833. The average molecular weight is 438 g/mol. The molecule has 0 atom stereocenters. The minimum atomic E-state index is -0.561. The number of methoxy groups -OCH3 is 1. The number of carbonyl (C=O) groups excluding carboxylic acids is 1. The monoisotopic (exact) mass is 437 g/mol. The molecular formula is C24H17ClFNO4. The van der Waals surface area contributed by atoms with Gasteiger partial charge in [0.2, 0.25) is 5.90 Å². The first-order valence-corrected chi connectivity index (χ1v) is 9.74. The van der Waals surface area contributed by atoms with Crippen LogP contribution in [0.2, 0.25) is 5.02 Å². The van der Waals surface area contributed by atoms with E-state index in [0.717, 1.165) is 0 Å². The number of benzene rings is 3. The first-order valence-electron chi connectivity index (χ1n) is 9.36. The molecule has 31 heavy (non-hydrogen) atoms. The van der Waals surface area contributed by atoms with Crippen LogP contribution in [0.3, 0.4) is 0 Å². The Hall–Kier alpha value is -3.64. The largest absolute Gasteiger partial charge is 0.493 e. The normalized spacial score (nSPS) is 14.4. The molecule has 3 aromatic rings. The van der Waals surface area contributed by atoms with Gasteiger partial charge >= 0.3 is 5.97 Å². The quantitative estimate of drug-likeness (QED) is 0.382. The molecule has 3 aromatic carbocycles. The van der Waals surface area contributed by atoms with E-state index >= 15 is 0 Å². The number of esters is 1. The zero-order valence-corrected chi connectivity index (χ0v) is 17.2. The van der Waals surface area contributed by atoms with Crippen LogP contribution in [0.25, 0.3) is 6.08 Å². The van der Waals surface area contributed by atoms with Crippen molar-refractivity contribution in [3.05, 3.63) is 100.0 Å². The highest BCUT2D eigenvalue weighted by Gasteiger charge is 2.24. The molecule has 156 valence electrons. The number of aliphatic imine (C=N–C) groups is 1. The maximum Gasteiger partial charge on any atom is 0.363 e. The molecule has 0 aromatic heterocycles. The van der Waals surface area contributed by atoms with Gasteiger partial charge in [0.15, 0.2) is 17.2 Å². The SMILES string of the molecule is COc1ccc(/C=C2/N=C(c3ccc(Cl)cc3)OC2=O)cc1OCc1ccccc1F. The third kappa shape index (κ3) is 4.75. The Morgan fingerprint density at radius 3 is 2.58 bits per heavy atom. The molecule has 0 saturated heterocycles. The highest BCUT2D eigenvalue weighted by molar-refractivity contribution is 6.30. The summed E-state index contributed by atoms with van der Waals surface area (Å²) in [6, 6.07) is 18.4. The smallest absolute Gasteiger partial charge is 0.363 e. The fourth-order valence-corrected chi connectivity index (χ4v) is 3.08. The third-order valence-electron chi connectivity index (χ3n) is 4.54. The average Bonchev–Trinajstić information content (AvgIpc) is 3.14. The van der Waals surface area contributed by atoms with E-state index < -0.39 is 5.97 Å². The number of halogens is 2. The molecule has 5 nitrogen and oxygen atoms in total. The maximum absolute atomic E-state index is 13.9. The molecule has 0 aliphatic carbocycles. The number of hydrogen-bond acceptors (Lipinski definition) is 5. The molecule has 4 rings (SSSR count). The van der Waals surface area contributed by atoms with Gasteiger partial charge < -0.3 is 14.2 Å². The van der Waals surface area contributed by atoms with Crippen molar-refractivity contribution in [2.75, 3.05) is 7.11 Å². The van der Waals surface area contributed by atoms with E-state index in [2.05, 4.69) is 4.99 Å². The van der Waals surface area contributed by atoms with Gasteiger partial charge in [-0.1, -0.05) is 35.9 Å². The topological polar surface area (TPSA) is 57.1 Å². The minimum Gasteiger partial charge on any atom is -0.493 e. The van der Waals surface area contributed by atoms with E-state index in [1.807, 2.05) is 0 Å². The highest BCUT2D eigenvalue weighted by atomic mass is 35.5. The van der Waals surface area contributed by atoms with Crippen molar-refractivity contribution >= 4 is 29.5 Å². The van der Waals surface area contributed by atoms with Gasteiger partial charge in [-0.2, -0.15) is 0 Å². The predicted molar refractivity (Wildman–Crippen MR) is 116 cm³/mol. The third-order valence-corrected chi connectivity index (χ3v) is 4.80. The summed E-state index contributed by atoms with van der Waals surface area (Å²) in [7, 11) is 1.51. The number of rotatable bonds is 6. The van der Waals surface area contributed by atoms with Gasteiger partial charge in [0, 0.05) is 16.1 Å². The highest BCUT2D eigenvalue weighted by Crippen LogP contribution is 2.31. The number of cyclic esters (lactones) is 1. The summed E-state index contributed by atoms with van der Waals surface area (Å²) in [5.74, 6) is 0.191. The Morgan fingerprint density at radius 1 is 1.06 bits per heavy atom. The molecule has 0 fully saturated rings. The van der Waals surface area contributed by atoms with Gasteiger partial charge in [-0.25, -0.2) is 14.2 Å². The van der Waals surface area contributed by atoms with Crippen LogP contribution in [0.1, 0.15) is 16.7 Å². The predicted octanol–water partition coefficient (Wildman–Crippen LogP) is 5.41. The molecule has 1 aliphatic heterocycles.